The normalized spacial score (nSPS) is 16.4. The summed E-state index contributed by atoms with van der Waals surface area (Å²) in [6.45, 7) is 3.65. The molecule has 122 valence electrons. The van der Waals surface area contributed by atoms with Crippen LogP contribution in [0.5, 0.6) is 0 Å². The first-order valence-electron chi connectivity index (χ1n) is 7.53. The highest BCUT2D eigenvalue weighted by molar-refractivity contribution is 7.89. The number of hydrogen-bond donors (Lipinski definition) is 1. The third kappa shape index (κ3) is 3.24. The highest BCUT2D eigenvalue weighted by Crippen LogP contribution is 2.26. The van der Waals surface area contributed by atoms with E-state index in [0.717, 1.165) is 22.4 Å². The van der Waals surface area contributed by atoms with Gasteiger partial charge in [0.25, 0.3) is 0 Å². The Balaban J connectivity index is 1.88. The summed E-state index contributed by atoms with van der Waals surface area (Å²) in [6.07, 6.45) is 0. The standard InChI is InChI=1S/C17H20N2O3S/c1-13-2-3-15(12-17(13)18)14-4-6-16(7-5-14)23(20,21)19-8-10-22-11-9-19/h2-7,12H,8-11,18H2,1H3. The van der Waals surface area contributed by atoms with E-state index in [2.05, 4.69) is 0 Å². The van der Waals surface area contributed by atoms with Crippen molar-refractivity contribution in [3.8, 4) is 11.1 Å². The fourth-order valence-corrected chi connectivity index (χ4v) is 3.98. The minimum atomic E-state index is -3.45. The molecule has 2 aromatic rings. The quantitative estimate of drug-likeness (QED) is 0.875. The average Bonchev–Trinajstić information content (AvgIpc) is 2.58. The lowest BCUT2D eigenvalue weighted by molar-refractivity contribution is 0.0730. The Morgan fingerprint density at radius 1 is 1.00 bits per heavy atom. The molecule has 2 N–H and O–H groups in total. The van der Waals surface area contributed by atoms with Crippen molar-refractivity contribution in [3.63, 3.8) is 0 Å². The van der Waals surface area contributed by atoms with Crippen LogP contribution < -0.4 is 5.73 Å². The molecule has 6 heteroatoms. The molecule has 3 rings (SSSR count). The Morgan fingerprint density at radius 2 is 1.61 bits per heavy atom. The molecule has 2 aromatic carbocycles. The molecule has 0 saturated carbocycles. The number of anilines is 1. The maximum atomic E-state index is 12.6. The number of nitrogens with two attached hydrogens (primary N) is 1. The second kappa shape index (κ2) is 6.31. The molecule has 0 amide bonds. The number of nitrogen functional groups attached to an aromatic ring is 1. The molecule has 0 atom stereocenters. The first-order valence-corrected chi connectivity index (χ1v) is 8.97. The van der Waals surface area contributed by atoms with Gasteiger partial charge in [-0.1, -0.05) is 24.3 Å². The number of hydrogen-bond acceptors (Lipinski definition) is 4. The molecule has 0 bridgehead atoms. The van der Waals surface area contributed by atoms with Gasteiger partial charge < -0.3 is 10.5 Å². The van der Waals surface area contributed by atoms with E-state index in [-0.39, 0.29) is 0 Å². The van der Waals surface area contributed by atoms with Crippen molar-refractivity contribution >= 4 is 15.7 Å². The Bertz CT molecular complexity index is 795. The predicted octanol–water partition coefficient (Wildman–Crippen LogP) is 2.27. The topological polar surface area (TPSA) is 72.6 Å². The molecule has 0 aliphatic carbocycles. The summed E-state index contributed by atoms with van der Waals surface area (Å²) < 4.78 is 31.8. The average molecular weight is 332 g/mol. The molecule has 23 heavy (non-hydrogen) atoms. The minimum absolute atomic E-state index is 0.309. The Labute approximate surface area is 136 Å². The van der Waals surface area contributed by atoms with Crippen LogP contribution in [-0.2, 0) is 14.8 Å². The Kier molecular flexibility index (Phi) is 4.39. The van der Waals surface area contributed by atoms with Gasteiger partial charge in [0.15, 0.2) is 0 Å². The van der Waals surface area contributed by atoms with Crippen molar-refractivity contribution in [2.24, 2.45) is 0 Å². The van der Waals surface area contributed by atoms with Crippen molar-refractivity contribution < 1.29 is 13.2 Å². The van der Waals surface area contributed by atoms with Crippen molar-refractivity contribution in [1.82, 2.24) is 4.31 Å². The Morgan fingerprint density at radius 3 is 2.22 bits per heavy atom. The SMILES string of the molecule is Cc1ccc(-c2ccc(S(=O)(=O)N3CCOCC3)cc2)cc1N. The third-order valence-corrected chi connectivity index (χ3v) is 5.99. The van der Waals surface area contributed by atoms with Crippen LogP contribution in [0.15, 0.2) is 47.4 Å². The molecule has 0 spiro atoms. The summed E-state index contributed by atoms with van der Waals surface area (Å²) in [6, 6.07) is 12.8. The van der Waals surface area contributed by atoms with E-state index in [1.165, 1.54) is 4.31 Å². The van der Waals surface area contributed by atoms with Gasteiger partial charge in [0.1, 0.15) is 0 Å². The summed E-state index contributed by atoms with van der Waals surface area (Å²) in [7, 11) is -3.45. The van der Waals surface area contributed by atoms with Gasteiger partial charge >= 0.3 is 0 Å². The predicted molar refractivity (Wildman–Crippen MR) is 90.6 cm³/mol. The molecule has 1 heterocycles. The van der Waals surface area contributed by atoms with Gasteiger partial charge in [-0.25, -0.2) is 8.42 Å². The fourth-order valence-electron chi connectivity index (χ4n) is 2.58. The minimum Gasteiger partial charge on any atom is -0.398 e. The number of ether oxygens (including phenoxy) is 1. The van der Waals surface area contributed by atoms with E-state index in [1.807, 2.05) is 37.3 Å². The molecule has 0 radical (unpaired) electrons. The van der Waals surface area contributed by atoms with Crippen LogP contribution in [0.1, 0.15) is 5.56 Å². The second-order valence-corrected chi connectivity index (χ2v) is 7.55. The van der Waals surface area contributed by atoms with E-state index in [0.29, 0.717) is 31.2 Å². The van der Waals surface area contributed by atoms with Crippen LogP contribution in [0.25, 0.3) is 11.1 Å². The molecule has 1 saturated heterocycles. The van der Waals surface area contributed by atoms with E-state index in [1.54, 1.807) is 12.1 Å². The van der Waals surface area contributed by atoms with E-state index in [4.69, 9.17) is 10.5 Å². The van der Waals surface area contributed by atoms with E-state index < -0.39 is 10.0 Å². The summed E-state index contributed by atoms with van der Waals surface area (Å²) in [5, 5.41) is 0. The number of morpholine rings is 1. The van der Waals surface area contributed by atoms with Gasteiger partial charge in [-0.3, -0.25) is 0 Å². The summed E-state index contributed by atoms with van der Waals surface area (Å²) in [5.41, 5.74) is 9.62. The van der Waals surface area contributed by atoms with E-state index >= 15 is 0 Å². The van der Waals surface area contributed by atoms with Crippen LogP contribution >= 0.6 is 0 Å². The smallest absolute Gasteiger partial charge is 0.243 e. The zero-order chi connectivity index (χ0) is 16.4. The fraction of sp³-hybridized carbons (Fsp3) is 0.294. The van der Waals surface area contributed by atoms with Gasteiger partial charge in [-0.15, -0.1) is 0 Å². The van der Waals surface area contributed by atoms with Gasteiger partial charge in [0.05, 0.1) is 18.1 Å². The van der Waals surface area contributed by atoms with Crippen LogP contribution in [0.3, 0.4) is 0 Å². The lowest BCUT2D eigenvalue weighted by Gasteiger charge is -2.26. The zero-order valence-corrected chi connectivity index (χ0v) is 13.8. The largest absolute Gasteiger partial charge is 0.398 e. The van der Waals surface area contributed by atoms with Crippen LogP contribution in [0.2, 0.25) is 0 Å². The number of sulfonamides is 1. The number of rotatable bonds is 3. The lowest BCUT2D eigenvalue weighted by atomic mass is 10.0. The molecule has 0 unspecified atom stereocenters. The third-order valence-electron chi connectivity index (χ3n) is 4.07. The van der Waals surface area contributed by atoms with Crippen LogP contribution in [0.4, 0.5) is 5.69 Å². The zero-order valence-electron chi connectivity index (χ0n) is 13.0. The lowest BCUT2D eigenvalue weighted by Crippen LogP contribution is -2.40. The highest BCUT2D eigenvalue weighted by atomic mass is 32.2. The number of nitrogens with zero attached hydrogens (tertiary/aromatic N) is 1. The number of benzene rings is 2. The molecular formula is C17H20N2O3S. The van der Waals surface area contributed by atoms with Crippen LogP contribution in [0, 0.1) is 6.92 Å². The van der Waals surface area contributed by atoms with E-state index in [9.17, 15) is 8.42 Å². The van der Waals surface area contributed by atoms with Crippen molar-refractivity contribution in [3.05, 3.63) is 48.0 Å². The van der Waals surface area contributed by atoms with Crippen LogP contribution in [-0.4, -0.2) is 39.0 Å². The first kappa shape index (κ1) is 16.0. The highest BCUT2D eigenvalue weighted by Gasteiger charge is 2.26. The van der Waals surface area contributed by atoms with Crippen molar-refractivity contribution in [2.45, 2.75) is 11.8 Å². The molecule has 5 nitrogen and oxygen atoms in total. The maximum Gasteiger partial charge on any atom is 0.243 e. The van der Waals surface area contributed by atoms with Crippen molar-refractivity contribution in [1.29, 1.82) is 0 Å². The first-order chi connectivity index (χ1) is 11.0. The summed E-state index contributed by atoms with van der Waals surface area (Å²) in [5.74, 6) is 0. The van der Waals surface area contributed by atoms with Gasteiger partial charge in [-0.05, 0) is 41.8 Å². The van der Waals surface area contributed by atoms with Gasteiger partial charge in [0, 0.05) is 18.8 Å². The second-order valence-electron chi connectivity index (χ2n) is 5.61. The Hall–Kier alpha value is -1.89. The number of aryl methyl sites for hydroxylation is 1. The monoisotopic (exact) mass is 332 g/mol. The van der Waals surface area contributed by atoms with Gasteiger partial charge in [-0.2, -0.15) is 4.31 Å². The molecule has 1 fully saturated rings. The maximum absolute atomic E-state index is 12.6. The molecule has 1 aliphatic rings. The molecule has 1 aliphatic heterocycles. The summed E-state index contributed by atoms with van der Waals surface area (Å²) >= 11 is 0. The summed E-state index contributed by atoms with van der Waals surface area (Å²) in [4.78, 5) is 0.309. The molecular weight excluding hydrogens is 312 g/mol. The molecule has 0 aromatic heterocycles. The van der Waals surface area contributed by atoms with Gasteiger partial charge in [0.2, 0.25) is 10.0 Å². The van der Waals surface area contributed by atoms with Crippen molar-refractivity contribution in [2.75, 3.05) is 32.0 Å².